The quantitative estimate of drug-likeness (QED) is 0.343. The molecule has 0 bridgehead atoms. The maximum Gasteiger partial charge on any atom is 0.397 e. The number of fused-ring (bicyclic) bond motifs is 1. The van der Waals surface area contributed by atoms with Crippen LogP contribution in [-0.4, -0.2) is 19.7 Å². The lowest BCUT2D eigenvalue weighted by atomic mass is 10.2. The number of H-pyrrole nitrogens is 1. The predicted molar refractivity (Wildman–Crippen MR) is 61.2 cm³/mol. The fourth-order valence-electron chi connectivity index (χ4n) is 1.23. The second-order valence-corrected chi connectivity index (χ2v) is 4.24. The van der Waals surface area contributed by atoms with Gasteiger partial charge in [-0.15, -0.1) is 0 Å². The zero-order valence-electron chi connectivity index (χ0n) is 8.48. The predicted octanol–water partition coefficient (Wildman–Crippen LogP) is 1.11. The summed E-state index contributed by atoms with van der Waals surface area (Å²) in [4.78, 5) is 27.9. The summed E-state index contributed by atoms with van der Waals surface area (Å²) in [6, 6.07) is 6.67. The zero-order valence-corrected chi connectivity index (χ0v) is 9.37. The molecule has 17 heavy (non-hydrogen) atoms. The monoisotopic (exact) mass is 259 g/mol. The Kier molecular flexibility index (Phi) is 3.97. The Morgan fingerprint density at radius 2 is 1.94 bits per heavy atom. The average molecular weight is 259 g/mol. The topological polar surface area (TPSA) is 142 Å². The molecule has 2 rings (SSSR count). The van der Waals surface area contributed by atoms with Gasteiger partial charge >= 0.3 is 7.75 Å². The van der Waals surface area contributed by atoms with Gasteiger partial charge in [0, 0.05) is 12.3 Å². The minimum Gasteiger partial charge on any atom is -0.361 e. The van der Waals surface area contributed by atoms with Crippen LogP contribution in [0.15, 0.2) is 30.5 Å². The molecule has 0 amide bonds. The molecule has 1 aromatic heterocycles. The summed E-state index contributed by atoms with van der Waals surface area (Å²) < 4.78 is 9.10. The fourth-order valence-corrected chi connectivity index (χ4v) is 1.23. The van der Waals surface area contributed by atoms with Crippen LogP contribution in [0.5, 0.6) is 0 Å². The van der Waals surface area contributed by atoms with E-state index in [0.717, 1.165) is 5.52 Å². The van der Waals surface area contributed by atoms with E-state index in [1.165, 1.54) is 6.07 Å². The molecule has 0 radical (unpaired) electrons. The number of nitro benzene ring substituents is 1. The van der Waals surface area contributed by atoms with Gasteiger partial charge in [0.2, 0.25) is 0 Å². The van der Waals surface area contributed by atoms with Gasteiger partial charge in [-0.25, -0.2) is 10.1 Å². The van der Waals surface area contributed by atoms with E-state index in [9.17, 15) is 10.1 Å². The van der Waals surface area contributed by atoms with Gasteiger partial charge in [-0.3, -0.25) is 10.1 Å². The summed E-state index contributed by atoms with van der Waals surface area (Å²) in [6.07, 6.45) is 1.69. The van der Waals surface area contributed by atoms with Gasteiger partial charge in [0.1, 0.15) is 0 Å². The van der Waals surface area contributed by atoms with Gasteiger partial charge in [0.05, 0.1) is 15.8 Å². The van der Waals surface area contributed by atoms with Crippen LogP contribution < -0.4 is 5.50 Å². The molecule has 92 valence electrons. The van der Waals surface area contributed by atoms with Crippen molar-refractivity contribution in [1.29, 1.82) is 0 Å². The van der Waals surface area contributed by atoms with Crippen LogP contribution in [-0.2, 0) is 4.57 Å². The summed E-state index contributed by atoms with van der Waals surface area (Å²) >= 11 is 0. The van der Waals surface area contributed by atoms with E-state index in [2.05, 4.69) is 10.5 Å². The smallest absolute Gasteiger partial charge is 0.361 e. The van der Waals surface area contributed by atoms with Crippen molar-refractivity contribution >= 4 is 24.3 Å². The number of aromatic nitrogens is 1. The highest BCUT2D eigenvalue weighted by molar-refractivity contribution is 7.49. The molecule has 0 unspecified atom stereocenters. The van der Waals surface area contributed by atoms with E-state index in [4.69, 9.17) is 14.4 Å². The molecule has 1 aromatic carbocycles. The minimum absolute atomic E-state index is 0.147. The second-order valence-electron chi connectivity index (χ2n) is 3.06. The molecule has 0 fully saturated rings. The minimum atomic E-state index is -4.14. The van der Waals surface area contributed by atoms with Gasteiger partial charge < -0.3 is 14.8 Å². The van der Waals surface area contributed by atoms with E-state index in [1.54, 1.807) is 18.3 Å². The van der Waals surface area contributed by atoms with Crippen LogP contribution in [0.3, 0.4) is 0 Å². The Morgan fingerprint density at radius 3 is 2.47 bits per heavy atom. The molecule has 2 aromatic rings. The van der Waals surface area contributed by atoms with Crippen LogP contribution in [0.4, 0.5) is 5.69 Å². The summed E-state index contributed by atoms with van der Waals surface area (Å²) in [5, 5.41) is 11.2. The molecule has 0 atom stereocenters. The van der Waals surface area contributed by atoms with Crippen molar-refractivity contribution in [3.63, 3.8) is 0 Å². The zero-order chi connectivity index (χ0) is 13.1. The Balaban J connectivity index is 0.000000249. The normalized spacial score (nSPS) is 10.8. The molecule has 0 aliphatic heterocycles. The number of nitro groups is 1. The van der Waals surface area contributed by atoms with Gasteiger partial charge in [-0.1, -0.05) is 6.07 Å². The van der Waals surface area contributed by atoms with Gasteiger partial charge in [0.15, 0.2) is 0 Å². The van der Waals surface area contributed by atoms with Crippen LogP contribution in [0.25, 0.3) is 10.9 Å². The van der Waals surface area contributed by atoms with Crippen molar-refractivity contribution < 1.29 is 19.3 Å². The van der Waals surface area contributed by atoms with Crippen LogP contribution in [0, 0.1) is 10.1 Å². The average Bonchev–Trinajstić information content (AvgIpc) is 2.61. The lowest BCUT2D eigenvalue weighted by molar-refractivity contribution is -0.383. The number of nitrogens with zero attached hydrogens (tertiary/aromatic N) is 1. The molecule has 1 heterocycles. The number of rotatable bonds is 1. The molecule has 5 N–H and O–H groups in total. The van der Waals surface area contributed by atoms with E-state index < -0.39 is 7.75 Å². The van der Waals surface area contributed by atoms with Crippen LogP contribution in [0.2, 0.25) is 0 Å². The van der Waals surface area contributed by atoms with E-state index in [1.807, 2.05) is 6.07 Å². The Labute approximate surface area is 95.4 Å². The van der Waals surface area contributed by atoms with E-state index in [-0.39, 0.29) is 10.6 Å². The Morgan fingerprint density at radius 1 is 1.35 bits per heavy atom. The first kappa shape index (κ1) is 13.3. The number of hydrogen-bond donors (Lipinski definition) is 4. The molecule has 0 aliphatic carbocycles. The summed E-state index contributed by atoms with van der Waals surface area (Å²) in [6.45, 7) is 0. The van der Waals surface area contributed by atoms with Crippen molar-refractivity contribution in [2.45, 2.75) is 0 Å². The number of nitrogens with two attached hydrogens (primary N) is 1. The third-order valence-electron chi connectivity index (χ3n) is 1.77. The first-order chi connectivity index (χ1) is 7.79. The Hall–Kier alpha value is -1.73. The highest BCUT2D eigenvalue weighted by Gasteiger charge is 2.10. The van der Waals surface area contributed by atoms with Crippen LogP contribution >= 0.6 is 7.75 Å². The first-order valence-electron chi connectivity index (χ1n) is 4.33. The molecular weight excluding hydrogens is 249 g/mol. The lowest BCUT2D eigenvalue weighted by Crippen LogP contribution is -1.87. The lowest BCUT2D eigenvalue weighted by Gasteiger charge is -1.91. The van der Waals surface area contributed by atoms with Crippen molar-refractivity contribution in [1.82, 2.24) is 4.98 Å². The number of non-ortho nitro benzene ring substituents is 1. The molecule has 0 saturated carbocycles. The number of aromatic amines is 1. The molecule has 0 aliphatic rings. The number of hydrogen-bond acceptors (Lipinski definition) is 3. The van der Waals surface area contributed by atoms with Gasteiger partial charge in [-0.05, 0) is 12.1 Å². The van der Waals surface area contributed by atoms with Crippen LogP contribution in [0.1, 0.15) is 0 Å². The van der Waals surface area contributed by atoms with Gasteiger partial charge in [-0.2, -0.15) is 0 Å². The van der Waals surface area contributed by atoms with E-state index in [0.29, 0.717) is 5.39 Å². The van der Waals surface area contributed by atoms with E-state index >= 15 is 0 Å². The summed E-state index contributed by atoms with van der Waals surface area (Å²) in [7, 11) is -4.14. The fraction of sp³-hybridized carbons (Fsp3) is 0. The second kappa shape index (κ2) is 5.07. The maximum absolute atomic E-state index is 10.5. The summed E-state index contributed by atoms with van der Waals surface area (Å²) in [5.74, 6) is 0. The molecule has 0 spiro atoms. The molecule has 9 heteroatoms. The largest absolute Gasteiger partial charge is 0.397 e. The number of nitrogens with one attached hydrogen (secondary N) is 1. The van der Waals surface area contributed by atoms with Crippen molar-refractivity contribution in [3.8, 4) is 0 Å². The first-order valence-corrected chi connectivity index (χ1v) is 6.02. The van der Waals surface area contributed by atoms with Crippen molar-refractivity contribution in [2.24, 2.45) is 5.50 Å². The number of benzene rings is 1. The molecule has 0 saturated heterocycles. The van der Waals surface area contributed by atoms with Crippen molar-refractivity contribution in [3.05, 3.63) is 40.6 Å². The standard InChI is InChI=1S/C8H6N2O2.H4NO3P/c11-10(12)8-3-1-2-7-6(8)4-5-9-7;1-5(2,3)4/h1-5,9H;(H4,1,2,3,4). The summed E-state index contributed by atoms with van der Waals surface area (Å²) in [5.41, 5.74) is 4.96. The highest BCUT2D eigenvalue weighted by atomic mass is 31.2. The molecular formula is C8H10N3O5P. The highest BCUT2D eigenvalue weighted by Crippen LogP contribution is 2.23. The maximum atomic E-state index is 10.5. The third-order valence-corrected chi connectivity index (χ3v) is 1.77. The molecule has 8 nitrogen and oxygen atoms in total. The van der Waals surface area contributed by atoms with Gasteiger partial charge in [0.25, 0.3) is 5.69 Å². The third kappa shape index (κ3) is 4.33. The SMILES string of the molecule is NP(=O)(O)O.O=[N+]([O-])c1cccc2[nH]ccc12. The van der Waals surface area contributed by atoms with Crippen molar-refractivity contribution in [2.75, 3.05) is 0 Å². The Bertz CT molecular complexity index is 567.